The Morgan fingerprint density at radius 1 is 1.20 bits per heavy atom. The van der Waals surface area contributed by atoms with Gasteiger partial charge in [-0.1, -0.05) is 23.7 Å². The van der Waals surface area contributed by atoms with Crippen LogP contribution >= 0.6 is 11.6 Å². The number of aliphatic hydroxyl groups is 1. The van der Waals surface area contributed by atoms with Gasteiger partial charge in [-0.3, -0.25) is 4.79 Å². The minimum absolute atomic E-state index is 0.0412. The van der Waals surface area contributed by atoms with Crippen molar-refractivity contribution in [1.82, 2.24) is 5.32 Å². The van der Waals surface area contributed by atoms with E-state index < -0.39 is 5.60 Å². The van der Waals surface area contributed by atoms with E-state index in [2.05, 4.69) is 5.32 Å². The lowest BCUT2D eigenvalue weighted by molar-refractivity contribution is -0.131. The van der Waals surface area contributed by atoms with Gasteiger partial charge in [0.2, 0.25) is 5.91 Å². The zero-order valence-corrected chi connectivity index (χ0v) is 15.8. The van der Waals surface area contributed by atoms with Gasteiger partial charge in [0.15, 0.2) is 0 Å². The van der Waals surface area contributed by atoms with E-state index in [1.165, 1.54) is 0 Å². The average Bonchev–Trinajstić information content (AvgIpc) is 2.51. The van der Waals surface area contributed by atoms with Gasteiger partial charge in [-0.25, -0.2) is 0 Å². The van der Waals surface area contributed by atoms with Crippen molar-refractivity contribution >= 4 is 17.5 Å². The highest BCUT2D eigenvalue weighted by molar-refractivity contribution is 6.32. The second-order valence-electron chi connectivity index (χ2n) is 8.05. The van der Waals surface area contributed by atoms with E-state index in [9.17, 15) is 9.90 Å². The third kappa shape index (κ3) is 4.68. The summed E-state index contributed by atoms with van der Waals surface area (Å²) in [5.41, 5.74) is -0.619. The molecule has 1 amide bonds. The fraction of sp³-hybridized carbons (Fsp3) is 0.650. The molecule has 5 heteroatoms. The summed E-state index contributed by atoms with van der Waals surface area (Å²) in [6.07, 6.45) is 5.40. The van der Waals surface area contributed by atoms with Gasteiger partial charge < -0.3 is 15.2 Å². The first kappa shape index (κ1) is 18.5. The number of para-hydroxylation sites is 1. The molecule has 0 unspecified atom stereocenters. The minimum Gasteiger partial charge on any atom is -0.489 e. The summed E-state index contributed by atoms with van der Waals surface area (Å²) in [4.78, 5) is 12.4. The van der Waals surface area contributed by atoms with Crippen LogP contribution in [0.15, 0.2) is 24.3 Å². The third-order valence-corrected chi connectivity index (χ3v) is 5.98. The largest absolute Gasteiger partial charge is 0.489 e. The van der Waals surface area contributed by atoms with Crippen LogP contribution in [-0.4, -0.2) is 28.8 Å². The number of hydrogen-bond acceptors (Lipinski definition) is 3. The molecule has 1 aromatic carbocycles. The zero-order valence-electron chi connectivity index (χ0n) is 15.0. The van der Waals surface area contributed by atoms with E-state index in [4.69, 9.17) is 16.3 Å². The number of hydrogen-bond donors (Lipinski definition) is 2. The van der Waals surface area contributed by atoms with Crippen LogP contribution in [0.4, 0.5) is 0 Å². The first-order valence-electron chi connectivity index (χ1n) is 9.27. The van der Waals surface area contributed by atoms with Gasteiger partial charge in [0.25, 0.3) is 0 Å². The highest BCUT2D eigenvalue weighted by atomic mass is 35.5. The summed E-state index contributed by atoms with van der Waals surface area (Å²) >= 11 is 6.10. The molecule has 0 bridgehead atoms. The first-order chi connectivity index (χ1) is 11.8. The van der Waals surface area contributed by atoms with Gasteiger partial charge in [0, 0.05) is 12.0 Å². The summed E-state index contributed by atoms with van der Waals surface area (Å²) in [5.74, 6) is 1.21. The number of carbonyl (C=O) groups is 1. The molecular weight excluding hydrogens is 338 g/mol. The third-order valence-electron chi connectivity index (χ3n) is 5.67. The van der Waals surface area contributed by atoms with Gasteiger partial charge >= 0.3 is 0 Å². The highest BCUT2D eigenvalue weighted by Gasteiger charge is 2.38. The fourth-order valence-corrected chi connectivity index (χ4v) is 4.04. The van der Waals surface area contributed by atoms with Crippen LogP contribution in [0.1, 0.15) is 52.4 Å². The Morgan fingerprint density at radius 2 is 1.84 bits per heavy atom. The minimum atomic E-state index is -0.619. The van der Waals surface area contributed by atoms with E-state index in [-0.39, 0.29) is 24.0 Å². The number of benzene rings is 1. The standard InChI is InChI=1S/C20H28ClNO3/c1-20(2,24)14-7-9-15(10-8-14)22-19(23)13-11-16(12-13)25-18-6-4-3-5-17(18)21/h3-6,13-16,24H,7-12H2,1-2H3,(H,22,23)/t13-,14-,15-,16-. The lowest BCUT2D eigenvalue weighted by Crippen LogP contribution is -2.48. The number of halogens is 1. The maximum Gasteiger partial charge on any atom is 0.223 e. The highest BCUT2D eigenvalue weighted by Crippen LogP contribution is 2.36. The SMILES string of the molecule is CC(C)(O)[C@H]1CC[C@H](NC(=O)[C@H]2C[C@H](Oc3ccccc3Cl)C2)CC1. The second-order valence-corrected chi connectivity index (χ2v) is 8.46. The van der Waals surface area contributed by atoms with Crippen LogP contribution in [0, 0.1) is 11.8 Å². The van der Waals surface area contributed by atoms with E-state index >= 15 is 0 Å². The molecule has 25 heavy (non-hydrogen) atoms. The predicted octanol–water partition coefficient (Wildman–Crippen LogP) is 3.94. The van der Waals surface area contributed by atoms with Crippen LogP contribution in [0.3, 0.4) is 0 Å². The van der Waals surface area contributed by atoms with E-state index in [0.717, 1.165) is 38.5 Å². The molecule has 2 fully saturated rings. The summed E-state index contributed by atoms with van der Waals surface area (Å²) in [6, 6.07) is 7.68. The maximum absolute atomic E-state index is 12.4. The van der Waals surface area contributed by atoms with Gasteiger partial charge in [-0.05, 0) is 70.4 Å². The molecule has 2 saturated carbocycles. The number of ether oxygens (including phenoxy) is 1. The zero-order chi connectivity index (χ0) is 18.0. The van der Waals surface area contributed by atoms with Crippen molar-refractivity contribution < 1.29 is 14.6 Å². The number of rotatable bonds is 5. The Kier molecular flexibility index (Phi) is 5.59. The lowest BCUT2D eigenvalue weighted by atomic mass is 9.76. The quantitative estimate of drug-likeness (QED) is 0.830. The molecule has 2 aliphatic rings. The van der Waals surface area contributed by atoms with E-state index in [0.29, 0.717) is 16.7 Å². The molecule has 0 aromatic heterocycles. The van der Waals surface area contributed by atoms with Crippen LogP contribution in [-0.2, 0) is 4.79 Å². The molecule has 2 N–H and O–H groups in total. The Balaban J connectivity index is 1.39. The molecule has 2 aliphatic carbocycles. The van der Waals surface area contributed by atoms with Crippen molar-refractivity contribution in [3.63, 3.8) is 0 Å². The lowest BCUT2D eigenvalue weighted by Gasteiger charge is -2.38. The van der Waals surface area contributed by atoms with E-state index in [1.54, 1.807) is 0 Å². The molecule has 0 saturated heterocycles. The monoisotopic (exact) mass is 365 g/mol. The normalized spacial score (nSPS) is 29.6. The summed E-state index contributed by atoms with van der Waals surface area (Å²) in [5, 5.41) is 13.9. The molecule has 138 valence electrons. The van der Waals surface area contributed by atoms with Crippen LogP contribution in [0.5, 0.6) is 5.75 Å². The molecule has 0 radical (unpaired) electrons. The topological polar surface area (TPSA) is 58.6 Å². The van der Waals surface area contributed by atoms with Crippen LogP contribution in [0.25, 0.3) is 0 Å². The van der Waals surface area contributed by atoms with Crippen molar-refractivity contribution in [3.8, 4) is 5.75 Å². The van der Waals surface area contributed by atoms with E-state index in [1.807, 2.05) is 38.1 Å². The molecule has 0 spiro atoms. The van der Waals surface area contributed by atoms with Crippen LogP contribution in [0.2, 0.25) is 5.02 Å². The van der Waals surface area contributed by atoms with Crippen molar-refractivity contribution in [3.05, 3.63) is 29.3 Å². The smallest absolute Gasteiger partial charge is 0.223 e. The first-order valence-corrected chi connectivity index (χ1v) is 9.64. The second kappa shape index (κ2) is 7.55. The van der Waals surface area contributed by atoms with Crippen molar-refractivity contribution in [2.24, 2.45) is 11.8 Å². The van der Waals surface area contributed by atoms with Crippen molar-refractivity contribution in [1.29, 1.82) is 0 Å². The van der Waals surface area contributed by atoms with Gasteiger partial charge in [-0.2, -0.15) is 0 Å². The number of amides is 1. The Morgan fingerprint density at radius 3 is 2.44 bits per heavy atom. The number of carbonyl (C=O) groups excluding carboxylic acids is 1. The summed E-state index contributed by atoms with van der Waals surface area (Å²) < 4.78 is 5.86. The Labute approximate surface area is 154 Å². The molecule has 1 aromatic rings. The number of nitrogens with one attached hydrogen (secondary N) is 1. The summed E-state index contributed by atoms with van der Waals surface area (Å²) in [6.45, 7) is 3.76. The molecule has 0 aliphatic heterocycles. The average molecular weight is 366 g/mol. The predicted molar refractivity (Wildman–Crippen MR) is 98.8 cm³/mol. The Bertz CT molecular complexity index is 599. The van der Waals surface area contributed by atoms with Gasteiger partial charge in [-0.15, -0.1) is 0 Å². The maximum atomic E-state index is 12.4. The Hall–Kier alpha value is -1.26. The molecule has 4 nitrogen and oxygen atoms in total. The molecule has 0 heterocycles. The summed E-state index contributed by atoms with van der Waals surface area (Å²) in [7, 11) is 0. The van der Waals surface area contributed by atoms with Crippen LogP contribution < -0.4 is 10.1 Å². The van der Waals surface area contributed by atoms with Crippen molar-refractivity contribution in [2.45, 2.75) is 70.1 Å². The molecule has 0 atom stereocenters. The van der Waals surface area contributed by atoms with Gasteiger partial charge in [0.05, 0.1) is 10.6 Å². The molecular formula is C20H28ClNO3. The molecule has 3 rings (SSSR count). The van der Waals surface area contributed by atoms with Gasteiger partial charge in [0.1, 0.15) is 11.9 Å². The van der Waals surface area contributed by atoms with Crippen molar-refractivity contribution in [2.75, 3.05) is 0 Å². The fourth-order valence-electron chi connectivity index (χ4n) is 3.86.